The molecule has 1 aliphatic rings. The minimum Gasteiger partial charge on any atom is -0.355 e. The Morgan fingerprint density at radius 2 is 2.06 bits per heavy atom. The van der Waals surface area contributed by atoms with Gasteiger partial charge in [-0.15, -0.1) is 0 Å². The molecule has 2 N–H and O–H groups in total. The van der Waals surface area contributed by atoms with Crippen LogP contribution < -0.4 is 10.6 Å². The van der Waals surface area contributed by atoms with Crippen LogP contribution in [0.15, 0.2) is 30.3 Å². The first-order valence-corrected chi connectivity index (χ1v) is 6.91. The van der Waals surface area contributed by atoms with E-state index in [2.05, 4.69) is 34.9 Å². The third-order valence-corrected chi connectivity index (χ3v) is 3.41. The van der Waals surface area contributed by atoms with Crippen LogP contribution in [0, 0.1) is 0 Å². The molecule has 0 saturated carbocycles. The van der Waals surface area contributed by atoms with E-state index in [4.69, 9.17) is 0 Å². The van der Waals surface area contributed by atoms with Crippen LogP contribution in [0.1, 0.15) is 31.2 Å². The van der Waals surface area contributed by atoms with Gasteiger partial charge in [0.25, 0.3) is 0 Å². The Morgan fingerprint density at radius 3 is 2.89 bits per heavy atom. The summed E-state index contributed by atoms with van der Waals surface area (Å²) in [5, 5.41) is 6.32. The molecule has 1 saturated heterocycles. The van der Waals surface area contributed by atoms with Crippen LogP contribution in [0.25, 0.3) is 0 Å². The van der Waals surface area contributed by atoms with Crippen molar-refractivity contribution in [1.29, 1.82) is 0 Å². The molecule has 1 unspecified atom stereocenters. The van der Waals surface area contributed by atoms with Crippen molar-refractivity contribution in [2.24, 2.45) is 0 Å². The normalized spacial score (nSPS) is 20.2. The molecule has 3 nitrogen and oxygen atoms in total. The molecule has 1 aromatic rings. The van der Waals surface area contributed by atoms with E-state index in [1.807, 2.05) is 6.07 Å². The molecular formula is C15H22N2O. The SMILES string of the molecule is O=C1NCCCCC1NCCCc1ccccc1. The number of hydrogen-bond donors (Lipinski definition) is 2. The lowest BCUT2D eigenvalue weighted by molar-refractivity contribution is -0.122. The molecule has 1 heterocycles. The summed E-state index contributed by atoms with van der Waals surface area (Å²) < 4.78 is 0. The highest BCUT2D eigenvalue weighted by atomic mass is 16.2. The molecule has 1 aromatic carbocycles. The van der Waals surface area contributed by atoms with E-state index >= 15 is 0 Å². The third kappa shape index (κ3) is 4.15. The molecule has 1 amide bonds. The maximum absolute atomic E-state index is 11.7. The van der Waals surface area contributed by atoms with Gasteiger partial charge < -0.3 is 10.6 Å². The van der Waals surface area contributed by atoms with Crippen LogP contribution in [0.3, 0.4) is 0 Å². The summed E-state index contributed by atoms with van der Waals surface area (Å²) in [6.45, 7) is 1.74. The zero-order valence-electron chi connectivity index (χ0n) is 10.8. The van der Waals surface area contributed by atoms with Gasteiger partial charge in [0, 0.05) is 6.54 Å². The van der Waals surface area contributed by atoms with E-state index < -0.39 is 0 Å². The van der Waals surface area contributed by atoms with Crippen molar-refractivity contribution in [3.05, 3.63) is 35.9 Å². The third-order valence-electron chi connectivity index (χ3n) is 3.41. The van der Waals surface area contributed by atoms with Gasteiger partial charge in [-0.1, -0.05) is 30.3 Å². The average molecular weight is 246 g/mol. The largest absolute Gasteiger partial charge is 0.355 e. The molecule has 1 atom stereocenters. The van der Waals surface area contributed by atoms with Gasteiger partial charge in [-0.05, 0) is 44.2 Å². The highest BCUT2D eigenvalue weighted by Crippen LogP contribution is 2.06. The van der Waals surface area contributed by atoms with Crippen LogP contribution in [0.2, 0.25) is 0 Å². The molecule has 0 spiro atoms. The molecule has 98 valence electrons. The van der Waals surface area contributed by atoms with Gasteiger partial charge >= 0.3 is 0 Å². The minimum absolute atomic E-state index is 0.0169. The van der Waals surface area contributed by atoms with E-state index in [1.165, 1.54) is 5.56 Å². The summed E-state index contributed by atoms with van der Waals surface area (Å²) in [4.78, 5) is 11.7. The van der Waals surface area contributed by atoms with Gasteiger partial charge in [0.15, 0.2) is 0 Å². The molecule has 1 fully saturated rings. The number of benzene rings is 1. The first-order chi connectivity index (χ1) is 8.86. The lowest BCUT2D eigenvalue weighted by atomic mass is 10.1. The second-order valence-corrected chi connectivity index (χ2v) is 4.88. The molecule has 0 aliphatic carbocycles. The molecule has 1 aliphatic heterocycles. The maximum atomic E-state index is 11.7. The van der Waals surface area contributed by atoms with Crippen molar-refractivity contribution in [1.82, 2.24) is 10.6 Å². The number of hydrogen-bond acceptors (Lipinski definition) is 2. The fraction of sp³-hybridized carbons (Fsp3) is 0.533. The van der Waals surface area contributed by atoms with E-state index in [1.54, 1.807) is 0 Å². The number of amides is 1. The maximum Gasteiger partial charge on any atom is 0.237 e. The van der Waals surface area contributed by atoms with Crippen LogP contribution >= 0.6 is 0 Å². The Balaban J connectivity index is 1.67. The second kappa shape index (κ2) is 7.17. The Bertz CT molecular complexity index is 364. The van der Waals surface area contributed by atoms with Gasteiger partial charge in [0.05, 0.1) is 6.04 Å². The molecule has 0 bridgehead atoms. The number of carbonyl (C=O) groups is 1. The van der Waals surface area contributed by atoms with E-state index in [0.717, 1.165) is 45.2 Å². The molecule has 0 aromatic heterocycles. The van der Waals surface area contributed by atoms with Crippen molar-refractivity contribution >= 4 is 5.91 Å². The Morgan fingerprint density at radius 1 is 1.22 bits per heavy atom. The van der Waals surface area contributed by atoms with Crippen molar-refractivity contribution in [3.63, 3.8) is 0 Å². The van der Waals surface area contributed by atoms with Crippen molar-refractivity contribution in [2.75, 3.05) is 13.1 Å². The monoisotopic (exact) mass is 246 g/mol. The summed E-state index contributed by atoms with van der Waals surface area (Å²) in [5.74, 6) is 0.173. The standard InChI is InChI=1S/C15H22N2O/c18-15-14(10-4-5-11-17-15)16-12-6-9-13-7-2-1-3-8-13/h1-3,7-8,14,16H,4-6,9-12H2,(H,17,18). The van der Waals surface area contributed by atoms with E-state index in [9.17, 15) is 4.79 Å². The Hall–Kier alpha value is -1.35. The molecular weight excluding hydrogens is 224 g/mol. The quantitative estimate of drug-likeness (QED) is 0.779. The summed E-state index contributed by atoms with van der Waals surface area (Å²) in [5.41, 5.74) is 1.37. The van der Waals surface area contributed by atoms with Crippen LogP contribution in [0.4, 0.5) is 0 Å². The number of carbonyl (C=O) groups excluding carboxylic acids is 1. The minimum atomic E-state index is 0.0169. The Kier molecular flexibility index (Phi) is 5.21. The molecule has 18 heavy (non-hydrogen) atoms. The van der Waals surface area contributed by atoms with Gasteiger partial charge in [0.1, 0.15) is 0 Å². The second-order valence-electron chi connectivity index (χ2n) is 4.88. The molecule has 0 radical (unpaired) electrons. The average Bonchev–Trinajstić information content (AvgIpc) is 2.61. The van der Waals surface area contributed by atoms with Crippen LogP contribution in [0.5, 0.6) is 0 Å². The molecule has 2 rings (SSSR count). The van der Waals surface area contributed by atoms with Crippen LogP contribution in [-0.4, -0.2) is 25.0 Å². The fourth-order valence-electron chi connectivity index (χ4n) is 2.35. The van der Waals surface area contributed by atoms with Gasteiger partial charge in [-0.3, -0.25) is 4.79 Å². The first kappa shape index (κ1) is 13.1. The summed E-state index contributed by atoms with van der Waals surface area (Å²) in [7, 11) is 0. The van der Waals surface area contributed by atoms with Gasteiger partial charge in [0.2, 0.25) is 5.91 Å². The highest BCUT2D eigenvalue weighted by molar-refractivity contribution is 5.81. The number of aryl methyl sites for hydroxylation is 1. The number of rotatable bonds is 5. The van der Waals surface area contributed by atoms with Crippen molar-refractivity contribution in [2.45, 2.75) is 38.1 Å². The van der Waals surface area contributed by atoms with Gasteiger partial charge in [-0.25, -0.2) is 0 Å². The van der Waals surface area contributed by atoms with Gasteiger partial charge in [-0.2, -0.15) is 0 Å². The van der Waals surface area contributed by atoms with Crippen molar-refractivity contribution in [3.8, 4) is 0 Å². The van der Waals surface area contributed by atoms with E-state index in [-0.39, 0.29) is 11.9 Å². The predicted octanol–water partition coefficient (Wildman–Crippen LogP) is 1.88. The highest BCUT2D eigenvalue weighted by Gasteiger charge is 2.19. The molecule has 3 heteroatoms. The first-order valence-electron chi connectivity index (χ1n) is 6.91. The fourth-order valence-corrected chi connectivity index (χ4v) is 2.35. The topological polar surface area (TPSA) is 41.1 Å². The summed E-state index contributed by atoms with van der Waals surface area (Å²) in [6.07, 6.45) is 5.36. The Labute approximate surface area is 109 Å². The van der Waals surface area contributed by atoms with Crippen molar-refractivity contribution < 1.29 is 4.79 Å². The lowest BCUT2D eigenvalue weighted by Gasteiger charge is -2.14. The number of nitrogens with one attached hydrogen (secondary N) is 2. The smallest absolute Gasteiger partial charge is 0.237 e. The zero-order valence-corrected chi connectivity index (χ0v) is 10.8. The summed E-state index contributed by atoms with van der Waals surface area (Å²) in [6, 6.07) is 10.5. The zero-order chi connectivity index (χ0) is 12.6. The summed E-state index contributed by atoms with van der Waals surface area (Å²) >= 11 is 0. The lowest BCUT2D eigenvalue weighted by Crippen LogP contribution is -2.43. The van der Waals surface area contributed by atoms with Crippen LogP contribution in [-0.2, 0) is 11.2 Å². The predicted molar refractivity (Wildman–Crippen MR) is 73.4 cm³/mol. The van der Waals surface area contributed by atoms with E-state index in [0.29, 0.717) is 0 Å².